The molecule has 6 nitrogen and oxygen atoms in total. The number of furan rings is 1. The van der Waals surface area contributed by atoms with E-state index >= 15 is 0 Å². The van der Waals surface area contributed by atoms with Crippen LogP contribution in [0.5, 0.6) is 5.75 Å². The van der Waals surface area contributed by atoms with E-state index in [0.29, 0.717) is 18.8 Å². The molecule has 0 atom stereocenters. The van der Waals surface area contributed by atoms with Crippen LogP contribution in [0.25, 0.3) is 17.4 Å². The number of para-hydroxylation sites is 2. The van der Waals surface area contributed by atoms with Gasteiger partial charge in [-0.1, -0.05) is 12.1 Å². The molecule has 3 aromatic rings. The van der Waals surface area contributed by atoms with Gasteiger partial charge in [0.1, 0.15) is 17.3 Å². The molecule has 160 valence electrons. The van der Waals surface area contributed by atoms with Crippen molar-refractivity contribution in [2.24, 2.45) is 0 Å². The Morgan fingerprint density at radius 3 is 2.58 bits per heavy atom. The molecule has 1 aliphatic rings. The van der Waals surface area contributed by atoms with E-state index in [4.69, 9.17) is 14.9 Å². The first-order valence-electron chi connectivity index (χ1n) is 10.4. The van der Waals surface area contributed by atoms with Gasteiger partial charge in [-0.2, -0.15) is 0 Å². The van der Waals surface area contributed by atoms with Crippen molar-refractivity contribution in [1.82, 2.24) is 4.90 Å². The first-order valence-corrected chi connectivity index (χ1v) is 10.4. The van der Waals surface area contributed by atoms with Gasteiger partial charge >= 0.3 is 0 Å². The molecule has 0 aliphatic carbocycles. The Balaban J connectivity index is 1.37. The fraction of sp³-hybridized carbons (Fsp3) is 0.240. The van der Waals surface area contributed by atoms with Crippen molar-refractivity contribution in [1.29, 1.82) is 0 Å². The largest absolute Gasteiger partial charge is 0.495 e. The molecule has 0 bridgehead atoms. The molecule has 1 aromatic heterocycles. The molecule has 0 saturated carbocycles. The number of carbonyl (C=O) groups excluding carboxylic acids is 1. The molecule has 1 saturated heterocycles. The third kappa shape index (κ3) is 4.58. The quantitative estimate of drug-likeness (QED) is 0.497. The van der Waals surface area contributed by atoms with Crippen molar-refractivity contribution in [3.63, 3.8) is 0 Å². The van der Waals surface area contributed by atoms with E-state index in [9.17, 15) is 4.79 Å². The molecule has 4 rings (SSSR count). The number of carbonyl (C=O) groups is 1. The predicted octanol–water partition coefficient (Wildman–Crippen LogP) is 4.21. The lowest BCUT2D eigenvalue weighted by atomic mass is 10.1. The standard InChI is InChI=1S/C25H27N3O3/c1-18-17-19(26)7-10-21(18)23-11-8-20(31-23)9-12-25(29)28-15-13-27(14-16-28)22-5-3-4-6-24(22)30-2/h3-12,17H,13-16,26H2,1-2H3/b12-9+. The van der Waals surface area contributed by atoms with Crippen LogP contribution in [0.4, 0.5) is 11.4 Å². The van der Waals surface area contributed by atoms with Gasteiger partial charge in [0.2, 0.25) is 5.91 Å². The molecule has 1 amide bonds. The van der Waals surface area contributed by atoms with Crippen LogP contribution in [-0.4, -0.2) is 44.1 Å². The maximum atomic E-state index is 12.6. The molecule has 1 fully saturated rings. The zero-order valence-corrected chi connectivity index (χ0v) is 17.9. The van der Waals surface area contributed by atoms with Gasteiger partial charge in [0.05, 0.1) is 12.8 Å². The molecule has 1 aliphatic heterocycles. The number of amides is 1. The summed E-state index contributed by atoms with van der Waals surface area (Å²) in [6.07, 6.45) is 3.31. The van der Waals surface area contributed by atoms with Crippen molar-refractivity contribution < 1.29 is 13.9 Å². The summed E-state index contributed by atoms with van der Waals surface area (Å²) in [6.45, 7) is 4.85. The van der Waals surface area contributed by atoms with Crippen LogP contribution in [0.3, 0.4) is 0 Å². The first kappa shape index (κ1) is 20.6. The summed E-state index contributed by atoms with van der Waals surface area (Å²) < 4.78 is 11.4. The van der Waals surface area contributed by atoms with Crippen molar-refractivity contribution in [3.05, 3.63) is 72.0 Å². The average Bonchev–Trinajstić information content (AvgIpc) is 3.26. The zero-order chi connectivity index (χ0) is 21.8. The Morgan fingerprint density at radius 1 is 1.06 bits per heavy atom. The molecule has 2 N–H and O–H groups in total. The lowest BCUT2D eigenvalue weighted by Crippen LogP contribution is -2.48. The van der Waals surface area contributed by atoms with Crippen molar-refractivity contribution in [2.75, 3.05) is 43.9 Å². The van der Waals surface area contributed by atoms with Crippen LogP contribution in [0.15, 0.2) is 65.1 Å². The second kappa shape index (κ2) is 9.00. The van der Waals surface area contributed by atoms with Crippen molar-refractivity contribution in [3.8, 4) is 17.1 Å². The van der Waals surface area contributed by atoms with Crippen LogP contribution < -0.4 is 15.4 Å². The summed E-state index contributed by atoms with van der Waals surface area (Å²) in [5, 5.41) is 0. The predicted molar refractivity (Wildman–Crippen MR) is 124 cm³/mol. The van der Waals surface area contributed by atoms with Gasteiger partial charge in [-0.25, -0.2) is 0 Å². The fourth-order valence-corrected chi connectivity index (χ4v) is 3.87. The van der Waals surface area contributed by atoms with Crippen LogP contribution in [0.2, 0.25) is 0 Å². The first-order chi connectivity index (χ1) is 15.0. The topological polar surface area (TPSA) is 71.9 Å². The number of ether oxygens (including phenoxy) is 1. The lowest BCUT2D eigenvalue weighted by Gasteiger charge is -2.36. The second-order valence-electron chi connectivity index (χ2n) is 7.59. The number of benzene rings is 2. The molecule has 0 spiro atoms. The van der Waals surface area contributed by atoms with Gasteiger partial charge in [-0.15, -0.1) is 0 Å². The van der Waals surface area contributed by atoms with Crippen LogP contribution in [-0.2, 0) is 4.79 Å². The van der Waals surface area contributed by atoms with Gasteiger partial charge in [0.15, 0.2) is 0 Å². The van der Waals surface area contributed by atoms with Gasteiger partial charge in [-0.3, -0.25) is 4.79 Å². The molecular weight excluding hydrogens is 390 g/mol. The Labute approximate surface area is 182 Å². The van der Waals surface area contributed by atoms with Gasteiger partial charge in [-0.05, 0) is 61.0 Å². The molecular formula is C25H27N3O3. The number of anilines is 2. The maximum absolute atomic E-state index is 12.6. The minimum absolute atomic E-state index is 0.0127. The normalized spacial score (nSPS) is 14.3. The van der Waals surface area contributed by atoms with E-state index in [1.165, 1.54) is 0 Å². The summed E-state index contributed by atoms with van der Waals surface area (Å²) in [5.41, 5.74) is 9.66. The molecule has 0 unspecified atom stereocenters. The number of nitrogens with zero attached hydrogens (tertiary/aromatic N) is 2. The highest BCUT2D eigenvalue weighted by molar-refractivity contribution is 5.91. The summed E-state index contributed by atoms with van der Waals surface area (Å²) >= 11 is 0. The van der Waals surface area contributed by atoms with Crippen LogP contribution in [0, 0.1) is 6.92 Å². The Kier molecular flexibility index (Phi) is 5.98. The van der Waals surface area contributed by atoms with Crippen molar-refractivity contribution in [2.45, 2.75) is 6.92 Å². The number of nitrogen functional groups attached to an aromatic ring is 1. The number of rotatable bonds is 5. The minimum atomic E-state index is -0.0127. The summed E-state index contributed by atoms with van der Waals surface area (Å²) in [6, 6.07) is 17.5. The second-order valence-corrected chi connectivity index (χ2v) is 7.59. The maximum Gasteiger partial charge on any atom is 0.246 e. The van der Waals surface area contributed by atoms with Crippen LogP contribution in [0.1, 0.15) is 11.3 Å². The minimum Gasteiger partial charge on any atom is -0.495 e. The molecule has 6 heteroatoms. The van der Waals surface area contributed by atoms with Crippen LogP contribution >= 0.6 is 0 Å². The molecule has 0 radical (unpaired) electrons. The Bertz CT molecular complexity index is 1090. The van der Waals surface area contributed by atoms with Gasteiger partial charge < -0.3 is 24.7 Å². The van der Waals surface area contributed by atoms with Gasteiger partial charge in [0, 0.05) is 43.5 Å². The molecule has 2 heterocycles. The van der Waals surface area contributed by atoms with Crippen molar-refractivity contribution >= 4 is 23.4 Å². The highest BCUT2D eigenvalue weighted by atomic mass is 16.5. The Morgan fingerprint density at radius 2 is 1.84 bits per heavy atom. The van der Waals surface area contributed by atoms with E-state index in [1.54, 1.807) is 19.3 Å². The third-order valence-corrected chi connectivity index (χ3v) is 5.55. The fourth-order valence-electron chi connectivity index (χ4n) is 3.87. The SMILES string of the molecule is COc1ccccc1N1CCN(C(=O)/C=C/c2ccc(-c3ccc(N)cc3C)o2)CC1. The van der Waals surface area contributed by atoms with E-state index in [1.807, 2.05) is 66.4 Å². The summed E-state index contributed by atoms with van der Waals surface area (Å²) in [4.78, 5) is 16.8. The highest BCUT2D eigenvalue weighted by Gasteiger charge is 2.21. The summed E-state index contributed by atoms with van der Waals surface area (Å²) in [7, 11) is 1.68. The smallest absolute Gasteiger partial charge is 0.246 e. The third-order valence-electron chi connectivity index (χ3n) is 5.55. The van der Waals surface area contributed by atoms with Gasteiger partial charge in [0.25, 0.3) is 0 Å². The number of hydrogen-bond acceptors (Lipinski definition) is 5. The number of methoxy groups -OCH3 is 1. The molecule has 31 heavy (non-hydrogen) atoms. The number of nitrogens with two attached hydrogens (primary N) is 1. The monoisotopic (exact) mass is 417 g/mol. The summed E-state index contributed by atoms with van der Waals surface area (Å²) in [5.74, 6) is 2.25. The van der Waals surface area contributed by atoms with E-state index in [-0.39, 0.29) is 5.91 Å². The Hall–Kier alpha value is -3.67. The number of aryl methyl sites for hydroxylation is 1. The average molecular weight is 418 g/mol. The van der Waals surface area contributed by atoms with E-state index < -0.39 is 0 Å². The number of hydrogen-bond donors (Lipinski definition) is 1. The molecule has 2 aromatic carbocycles. The van der Waals surface area contributed by atoms with E-state index in [2.05, 4.69) is 4.90 Å². The zero-order valence-electron chi connectivity index (χ0n) is 17.9. The lowest BCUT2D eigenvalue weighted by molar-refractivity contribution is -0.126. The highest BCUT2D eigenvalue weighted by Crippen LogP contribution is 2.29. The van der Waals surface area contributed by atoms with E-state index in [0.717, 1.165) is 47.1 Å². The number of piperazine rings is 1.